The van der Waals surface area contributed by atoms with Gasteiger partial charge in [0, 0.05) is 6.61 Å². The van der Waals surface area contributed by atoms with Gasteiger partial charge < -0.3 is 16.2 Å². The van der Waals surface area contributed by atoms with Crippen molar-refractivity contribution in [1.82, 2.24) is 0 Å². The molecule has 4 nitrogen and oxygen atoms in total. The van der Waals surface area contributed by atoms with E-state index in [0.29, 0.717) is 6.61 Å². The van der Waals surface area contributed by atoms with Gasteiger partial charge in [-0.15, -0.1) is 6.42 Å². The minimum atomic E-state index is -0.833. The lowest BCUT2D eigenvalue weighted by Gasteiger charge is -1.91. The van der Waals surface area contributed by atoms with Crippen LogP contribution in [0.25, 0.3) is 0 Å². The Morgan fingerprint density at radius 1 is 1.64 bits per heavy atom. The van der Waals surface area contributed by atoms with Gasteiger partial charge >= 0.3 is 6.03 Å². The minimum absolute atomic E-state index is 0.452. The Morgan fingerprint density at radius 3 is 2.36 bits per heavy atom. The van der Waals surface area contributed by atoms with Crippen molar-refractivity contribution in [1.29, 1.82) is 0 Å². The first-order chi connectivity index (χ1) is 5.15. The zero-order valence-corrected chi connectivity index (χ0v) is 6.67. The highest BCUT2D eigenvalue weighted by Gasteiger charge is 1.75. The highest BCUT2D eigenvalue weighted by Crippen LogP contribution is 1.76. The van der Waals surface area contributed by atoms with E-state index in [0.717, 1.165) is 13.0 Å². The fourth-order valence-corrected chi connectivity index (χ4v) is 0.275. The molecule has 11 heavy (non-hydrogen) atoms. The molecule has 0 spiro atoms. The number of hydrogen-bond acceptors (Lipinski definition) is 2. The number of terminal acetylenes is 1. The van der Waals surface area contributed by atoms with Crippen LogP contribution in [0.5, 0.6) is 0 Å². The number of ether oxygens (including phenoxy) is 1. The van der Waals surface area contributed by atoms with Gasteiger partial charge in [-0.25, -0.2) is 4.79 Å². The Bertz CT molecular complexity index is 125. The number of nitrogens with two attached hydrogens (primary N) is 2. The van der Waals surface area contributed by atoms with E-state index < -0.39 is 6.03 Å². The molecule has 0 aliphatic rings. The molecule has 0 rings (SSSR count). The Labute approximate surface area is 66.9 Å². The van der Waals surface area contributed by atoms with Crippen molar-refractivity contribution in [3.05, 3.63) is 0 Å². The molecule has 0 heterocycles. The second kappa shape index (κ2) is 11.6. The summed E-state index contributed by atoms with van der Waals surface area (Å²) < 4.78 is 4.90. The summed E-state index contributed by atoms with van der Waals surface area (Å²) in [4.78, 5) is 9.00. The molecule has 0 fully saturated rings. The summed E-state index contributed by atoms with van der Waals surface area (Å²) in [5.41, 5.74) is 8.50. The Morgan fingerprint density at radius 2 is 2.09 bits per heavy atom. The summed E-state index contributed by atoms with van der Waals surface area (Å²) in [7, 11) is 0. The van der Waals surface area contributed by atoms with Crippen LogP contribution in [0, 0.1) is 12.3 Å². The van der Waals surface area contributed by atoms with Crippen LogP contribution in [0.15, 0.2) is 0 Å². The maximum absolute atomic E-state index is 9.00. The summed E-state index contributed by atoms with van der Waals surface area (Å²) in [6.45, 7) is 3.29. The van der Waals surface area contributed by atoms with E-state index in [1.807, 2.05) is 0 Å². The Kier molecular flexibility index (Phi) is 13.1. The molecule has 0 aliphatic carbocycles. The van der Waals surface area contributed by atoms with Crippen molar-refractivity contribution < 1.29 is 9.53 Å². The van der Waals surface area contributed by atoms with E-state index in [1.54, 1.807) is 0 Å². The first-order valence-corrected chi connectivity index (χ1v) is 3.21. The smallest absolute Gasteiger partial charge is 0.309 e. The van der Waals surface area contributed by atoms with Gasteiger partial charge in [0.2, 0.25) is 0 Å². The second-order valence-corrected chi connectivity index (χ2v) is 1.66. The number of urea groups is 1. The molecule has 0 saturated heterocycles. The third-order valence-electron chi connectivity index (χ3n) is 0.534. The molecule has 0 aromatic heterocycles. The van der Waals surface area contributed by atoms with Gasteiger partial charge in [0.1, 0.15) is 6.61 Å². The minimum Gasteiger partial charge on any atom is -0.369 e. The molecule has 0 saturated carbocycles. The third-order valence-corrected chi connectivity index (χ3v) is 0.534. The normalized spacial score (nSPS) is 7.27. The number of carbonyl (C=O) groups is 1. The molecule has 0 aromatic carbocycles. The maximum Gasteiger partial charge on any atom is 0.309 e. The summed E-state index contributed by atoms with van der Waals surface area (Å²) in [5, 5.41) is 0. The summed E-state index contributed by atoms with van der Waals surface area (Å²) in [5.74, 6) is 2.38. The fourth-order valence-electron chi connectivity index (χ4n) is 0.275. The molecular weight excluding hydrogens is 144 g/mol. The lowest BCUT2D eigenvalue weighted by atomic mass is 10.5. The predicted molar refractivity (Wildman–Crippen MR) is 43.7 cm³/mol. The van der Waals surface area contributed by atoms with Crippen LogP contribution in [-0.2, 0) is 4.74 Å². The van der Waals surface area contributed by atoms with Gasteiger partial charge in [-0.05, 0) is 6.42 Å². The molecule has 4 heteroatoms. The highest BCUT2D eigenvalue weighted by molar-refractivity contribution is 5.69. The van der Waals surface area contributed by atoms with E-state index in [2.05, 4.69) is 24.3 Å². The number of primary amides is 2. The van der Waals surface area contributed by atoms with Crippen LogP contribution in [-0.4, -0.2) is 19.2 Å². The first-order valence-electron chi connectivity index (χ1n) is 3.21. The van der Waals surface area contributed by atoms with E-state index >= 15 is 0 Å². The standard InChI is InChI=1S/C6H10O.CH4N2O/c1-3-5-7-6-4-2;2-1(3)4/h1H,4-6H2,2H3;(H4,2,3,4). The topological polar surface area (TPSA) is 78.3 Å². The molecule has 0 unspecified atom stereocenters. The van der Waals surface area contributed by atoms with Crippen LogP contribution < -0.4 is 11.5 Å². The average Bonchev–Trinajstić information content (AvgIpc) is 1.88. The lowest BCUT2D eigenvalue weighted by Crippen LogP contribution is -2.18. The first kappa shape index (κ1) is 12.5. The van der Waals surface area contributed by atoms with Crippen LogP contribution in [0.2, 0.25) is 0 Å². The van der Waals surface area contributed by atoms with Gasteiger partial charge in [0.25, 0.3) is 0 Å². The molecule has 0 aromatic rings. The Balaban J connectivity index is 0. The van der Waals surface area contributed by atoms with Crippen molar-refractivity contribution in [2.45, 2.75) is 13.3 Å². The third kappa shape index (κ3) is 52.1. The zero-order chi connectivity index (χ0) is 9.11. The van der Waals surface area contributed by atoms with Crippen molar-refractivity contribution in [3.63, 3.8) is 0 Å². The number of hydrogen-bond donors (Lipinski definition) is 2. The van der Waals surface area contributed by atoms with Gasteiger partial charge in [-0.3, -0.25) is 0 Å². The summed E-state index contributed by atoms with van der Waals surface area (Å²) in [6, 6.07) is -0.833. The molecule has 2 amide bonds. The lowest BCUT2D eigenvalue weighted by molar-refractivity contribution is 0.168. The summed E-state index contributed by atoms with van der Waals surface area (Å²) in [6.07, 6.45) is 5.94. The van der Waals surface area contributed by atoms with E-state index in [1.165, 1.54) is 0 Å². The Hall–Kier alpha value is -1.21. The average molecular weight is 158 g/mol. The van der Waals surface area contributed by atoms with Crippen LogP contribution in [0.1, 0.15) is 13.3 Å². The number of rotatable bonds is 3. The second-order valence-electron chi connectivity index (χ2n) is 1.66. The summed E-state index contributed by atoms with van der Waals surface area (Å²) >= 11 is 0. The van der Waals surface area contributed by atoms with E-state index in [9.17, 15) is 0 Å². The molecule has 0 atom stereocenters. The van der Waals surface area contributed by atoms with Crippen LogP contribution in [0.3, 0.4) is 0 Å². The largest absolute Gasteiger partial charge is 0.369 e. The van der Waals surface area contributed by atoms with Gasteiger partial charge in [0.05, 0.1) is 0 Å². The molecule has 0 bridgehead atoms. The number of carbonyl (C=O) groups excluding carboxylic acids is 1. The van der Waals surface area contributed by atoms with Crippen molar-refractivity contribution in [2.24, 2.45) is 11.5 Å². The van der Waals surface area contributed by atoms with Crippen molar-refractivity contribution in [3.8, 4) is 12.3 Å². The van der Waals surface area contributed by atoms with Crippen molar-refractivity contribution >= 4 is 6.03 Å². The SMILES string of the molecule is C#CCOCCC.NC(N)=O. The van der Waals surface area contributed by atoms with E-state index in [-0.39, 0.29) is 0 Å². The molecule has 0 aliphatic heterocycles. The monoisotopic (exact) mass is 158 g/mol. The van der Waals surface area contributed by atoms with Gasteiger partial charge in [-0.2, -0.15) is 0 Å². The molecule has 0 radical (unpaired) electrons. The highest BCUT2D eigenvalue weighted by atomic mass is 16.5. The van der Waals surface area contributed by atoms with Crippen LogP contribution in [0.4, 0.5) is 4.79 Å². The maximum atomic E-state index is 9.00. The van der Waals surface area contributed by atoms with Crippen LogP contribution >= 0.6 is 0 Å². The molecular formula is C7H14N2O2. The fraction of sp³-hybridized carbons (Fsp3) is 0.571. The predicted octanol–water partition coefficient (Wildman–Crippen LogP) is 0.0700. The van der Waals surface area contributed by atoms with Crippen molar-refractivity contribution in [2.75, 3.05) is 13.2 Å². The quantitative estimate of drug-likeness (QED) is 0.450. The van der Waals surface area contributed by atoms with Gasteiger partial charge in [-0.1, -0.05) is 12.8 Å². The molecule has 64 valence electrons. The van der Waals surface area contributed by atoms with E-state index in [4.69, 9.17) is 16.0 Å². The molecule has 4 N–H and O–H groups in total. The zero-order valence-electron chi connectivity index (χ0n) is 6.67. The number of amides is 2. The van der Waals surface area contributed by atoms with Gasteiger partial charge in [0.15, 0.2) is 0 Å².